The zero-order valence-corrected chi connectivity index (χ0v) is 15.9. The van der Waals surface area contributed by atoms with Crippen molar-refractivity contribution in [2.45, 2.75) is 18.2 Å². The van der Waals surface area contributed by atoms with Gasteiger partial charge in [-0.05, 0) is 36.8 Å². The van der Waals surface area contributed by atoms with E-state index in [2.05, 4.69) is 12.2 Å². The number of halogens is 2. The molecule has 128 valence electrons. The quantitative estimate of drug-likeness (QED) is 0.793. The van der Waals surface area contributed by atoms with Gasteiger partial charge >= 0.3 is 0 Å². The average Bonchev–Trinajstić information content (AvgIpc) is 2.54. The molecule has 2 rings (SSSR count). The van der Waals surface area contributed by atoms with Gasteiger partial charge in [-0.2, -0.15) is 4.31 Å². The summed E-state index contributed by atoms with van der Waals surface area (Å²) in [6.07, 6.45) is 0.988. The fourth-order valence-corrected chi connectivity index (χ4v) is 4.73. The van der Waals surface area contributed by atoms with Crippen molar-refractivity contribution in [3.63, 3.8) is 0 Å². The maximum Gasteiger partial charge on any atom is 0.244 e. The Morgan fingerprint density at radius 3 is 2.52 bits per heavy atom. The van der Waals surface area contributed by atoms with Gasteiger partial charge in [0.05, 0.1) is 5.02 Å². The van der Waals surface area contributed by atoms with Crippen molar-refractivity contribution in [1.29, 1.82) is 0 Å². The molecule has 0 bridgehead atoms. The van der Waals surface area contributed by atoms with E-state index in [-0.39, 0.29) is 9.92 Å². The monoisotopic (exact) mass is 395 g/mol. The van der Waals surface area contributed by atoms with Crippen LogP contribution in [0.3, 0.4) is 0 Å². The molecule has 1 saturated heterocycles. The topological polar surface area (TPSA) is 52.6 Å². The van der Waals surface area contributed by atoms with Crippen LogP contribution in [0.4, 0.5) is 0 Å². The number of hydrogen-bond donors (Lipinski definition) is 1. The third kappa shape index (κ3) is 4.48. The van der Waals surface area contributed by atoms with Gasteiger partial charge in [0.2, 0.25) is 10.0 Å². The summed E-state index contributed by atoms with van der Waals surface area (Å²) >= 11 is 17.2. The van der Waals surface area contributed by atoms with Crippen molar-refractivity contribution in [3.8, 4) is 0 Å². The van der Waals surface area contributed by atoms with Crippen molar-refractivity contribution in [3.05, 3.63) is 28.2 Å². The van der Waals surface area contributed by atoms with Gasteiger partial charge in [0, 0.05) is 37.7 Å². The Morgan fingerprint density at radius 2 is 1.91 bits per heavy atom. The van der Waals surface area contributed by atoms with E-state index in [1.807, 2.05) is 4.90 Å². The molecule has 1 aliphatic rings. The Balaban J connectivity index is 2.07. The van der Waals surface area contributed by atoms with Gasteiger partial charge in [-0.1, -0.05) is 30.1 Å². The van der Waals surface area contributed by atoms with Crippen LogP contribution < -0.4 is 5.32 Å². The molecular formula is C14H19Cl2N3O2S2. The Morgan fingerprint density at radius 1 is 1.26 bits per heavy atom. The van der Waals surface area contributed by atoms with Crippen LogP contribution in [0.15, 0.2) is 23.1 Å². The summed E-state index contributed by atoms with van der Waals surface area (Å²) in [7, 11) is -3.65. The second-order valence-corrected chi connectivity index (χ2v) is 8.33. The van der Waals surface area contributed by atoms with Gasteiger partial charge in [-0.15, -0.1) is 0 Å². The molecule has 0 radical (unpaired) electrons. The van der Waals surface area contributed by atoms with E-state index in [9.17, 15) is 8.42 Å². The molecule has 1 aromatic rings. The fourth-order valence-electron chi connectivity index (χ4n) is 2.29. The van der Waals surface area contributed by atoms with E-state index in [4.69, 9.17) is 35.4 Å². The van der Waals surface area contributed by atoms with Crippen LogP contribution >= 0.6 is 35.4 Å². The SMILES string of the molecule is CCCNC(=S)N1CCN(S(=O)(=O)c2cc(Cl)ccc2Cl)CC1. The number of hydrogen-bond acceptors (Lipinski definition) is 3. The van der Waals surface area contributed by atoms with Gasteiger partial charge in [-0.3, -0.25) is 0 Å². The lowest BCUT2D eigenvalue weighted by Crippen LogP contribution is -2.53. The molecule has 23 heavy (non-hydrogen) atoms. The first-order chi connectivity index (χ1) is 10.9. The fraction of sp³-hybridized carbons (Fsp3) is 0.500. The summed E-state index contributed by atoms with van der Waals surface area (Å²) in [5, 5.41) is 4.35. The number of nitrogens with zero attached hydrogens (tertiary/aromatic N) is 2. The van der Waals surface area contributed by atoms with E-state index in [0.29, 0.717) is 36.3 Å². The Kier molecular flexibility index (Phi) is 6.50. The lowest BCUT2D eigenvalue weighted by Gasteiger charge is -2.35. The third-order valence-corrected chi connectivity index (χ3v) is 6.58. The minimum absolute atomic E-state index is 0.0480. The zero-order chi connectivity index (χ0) is 17.0. The molecule has 5 nitrogen and oxygen atoms in total. The second-order valence-electron chi connectivity index (χ2n) is 5.20. The van der Waals surface area contributed by atoms with Crippen LogP contribution in [0, 0.1) is 0 Å². The summed E-state index contributed by atoms with van der Waals surface area (Å²) in [5.41, 5.74) is 0. The maximum absolute atomic E-state index is 12.7. The smallest absolute Gasteiger partial charge is 0.244 e. The highest BCUT2D eigenvalue weighted by atomic mass is 35.5. The highest BCUT2D eigenvalue weighted by Gasteiger charge is 2.30. The van der Waals surface area contributed by atoms with Crippen LogP contribution in [0.25, 0.3) is 0 Å². The first-order valence-corrected chi connectivity index (χ1v) is 9.94. The molecule has 1 aromatic carbocycles. The summed E-state index contributed by atoms with van der Waals surface area (Å²) < 4.78 is 26.9. The minimum Gasteiger partial charge on any atom is -0.363 e. The molecule has 9 heteroatoms. The van der Waals surface area contributed by atoms with Crippen LogP contribution in [0.2, 0.25) is 10.0 Å². The maximum atomic E-state index is 12.7. The molecule has 1 heterocycles. The van der Waals surface area contributed by atoms with Crippen molar-refractivity contribution >= 4 is 50.6 Å². The van der Waals surface area contributed by atoms with Crippen molar-refractivity contribution in [2.24, 2.45) is 0 Å². The molecule has 0 aliphatic carbocycles. The Hall–Kier alpha value is -0.600. The summed E-state index contributed by atoms with van der Waals surface area (Å²) in [5.74, 6) is 0. The average molecular weight is 396 g/mol. The molecule has 1 N–H and O–H groups in total. The van der Waals surface area contributed by atoms with E-state index in [1.165, 1.54) is 16.4 Å². The van der Waals surface area contributed by atoms with Gasteiger partial charge in [0.25, 0.3) is 0 Å². The van der Waals surface area contributed by atoms with E-state index in [1.54, 1.807) is 6.07 Å². The summed E-state index contributed by atoms with van der Waals surface area (Å²) in [6.45, 7) is 4.70. The Labute approximate surface area is 152 Å². The number of rotatable bonds is 4. The molecule has 0 atom stereocenters. The number of benzene rings is 1. The number of piperazine rings is 1. The van der Waals surface area contributed by atoms with Crippen molar-refractivity contribution in [2.75, 3.05) is 32.7 Å². The lowest BCUT2D eigenvalue weighted by atomic mass is 10.4. The number of nitrogens with one attached hydrogen (secondary N) is 1. The molecule has 0 spiro atoms. The zero-order valence-electron chi connectivity index (χ0n) is 12.8. The molecular weight excluding hydrogens is 377 g/mol. The van der Waals surface area contributed by atoms with E-state index in [0.717, 1.165) is 13.0 Å². The molecule has 0 aromatic heterocycles. The van der Waals surface area contributed by atoms with Crippen LogP contribution in [0.1, 0.15) is 13.3 Å². The summed E-state index contributed by atoms with van der Waals surface area (Å²) in [6, 6.07) is 4.45. The van der Waals surface area contributed by atoms with Gasteiger partial charge in [-0.25, -0.2) is 8.42 Å². The first kappa shape index (κ1) is 18.7. The van der Waals surface area contributed by atoms with Gasteiger partial charge < -0.3 is 10.2 Å². The molecule has 0 unspecified atom stereocenters. The number of sulfonamides is 1. The van der Waals surface area contributed by atoms with Crippen LogP contribution in [0.5, 0.6) is 0 Å². The lowest BCUT2D eigenvalue weighted by molar-refractivity contribution is 0.264. The van der Waals surface area contributed by atoms with Crippen LogP contribution in [-0.2, 0) is 10.0 Å². The molecule has 1 aliphatic heterocycles. The van der Waals surface area contributed by atoms with Crippen molar-refractivity contribution < 1.29 is 8.42 Å². The molecule has 0 amide bonds. The third-order valence-electron chi connectivity index (χ3n) is 3.56. The van der Waals surface area contributed by atoms with E-state index >= 15 is 0 Å². The minimum atomic E-state index is -3.65. The number of thiocarbonyl (C=S) groups is 1. The standard InChI is InChI=1S/C14H19Cl2N3O2S2/c1-2-5-17-14(22)18-6-8-19(9-7-18)23(20,21)13-10-11(15)3-4-12(13)16/h3-4,10H,2,5-9H2,1H3,(H,17,22). The predicted octanol–water partition coefficient (Wildman–Crippen LogP) is 2.58. The normalized spacial score (nSPS) is 16.4. The largest absolute Gasteiger partial charge is 0.363 e. The summed E-state index contributed by atoms with van der Waals surface area (Å²) in [4.78, 5) is 2.03. The highest BCUT2D eigenvalue weighted by Crippen LogP contribution is 2.28. The van der Waals surface area contributed by atoms with Gasteiger partial charge in [0.1, 0.15) is 4.90 Å². The first-order valence-electron chi connectivity index (χ1n) is 7.34. The molecule has 0 saturated carbocycles. The van der Waals surface area contributed by atoms with Crippen molar-refractivity contribution in [1.82, 2.24) is 14.5 Å². The molecule has 1 fully saturated rings. The predicted molar refractivity (Wildman–Crippen MR) is 97.7 cm³/mol. The van der Waals surface area contributed by atoms with E-state index < -0.39 is 10.0 Å². The highest BCUT2D eigenvalue weighted by molar-refractivity contribution is 7.89. The van der Waals surface area contributed by atoms with Gasteiger partial charge in [0.15, 0.2) is 5.11 Å². The van der Waals surface area contributed by atoms with Crippen LogP contribution in [-0.4, -0.2) is 55.5 Å². The Bertz CT molecular complexity index is 675. The second kappa shape index (κ2) is 7.98.